The van der Waals surface area contributed by atoms with Gasteiger partial charge in [-0.15, -0.1) is 0 Å². The van der Waals surface area contributed by atoms with Gasteiger partial charge in [-0.25, -0.2) is 0 Å². The largest absolute Gasteiger partial charge is 0.379 e. The van der Waals surface area contributed by atoms with Crippen molar-refractivity contribution in [2.24, 2.45) is 0 Å². The molecule has 7 heteroatoms. The lowest BCUT2D eigenvalue weighted by atomic mass is 10.0. The van der Waals surface area contributed by atoms with Crippen LogP contribution in [0.5, 0.6) is 0 Å². The molecule has 3 aromatic rings. The summed E-state index contributed by atoms with van der Waals surface area (Å²) in [6.07, 6.45) is 3.94. The minimum absolute atomic E-state index is 0.0537. The van der Waals surface area contributed by atoms with E-state index in [9.17, 15) is 4.79 Å². The average Bonchev–Trinajstić information content (AvgIpc) is 3.34. The van der Waals surface area contributed by atoms with Crippen LogP contribution in [-0.2, 0) is 16.0 Å². The molecule has 2 aromatic heterocycles. The molecule has 7 nitrogen and oxygen atoms in total. The number of methoxy groups -OCH3 is 1. The molecule has 1 saturated heterocycles. The van der Waals surface area contributed by atoms with Gasteiger partial charge >= 0.3 is 0 Å². The molecule has 2 N–H and O–H groups in total. The van der Waals surface area contributed by atoms with Crippen molar-refractivity contribution in [3.8, 4) is 0 Å². The highest BCUT2D eigenvalue weighted by Crippen LogP contribution is 2.28. The Bertz CT molecular complexity index is 842. The minimum atomic E-state index is -0.0537. The van der Waals surface area contributed by atoms with E-state index in [0.29, 0.717) is 19.5 Å². The number of likely N-dealkylation sites (tertiary alicyclic amines) is 1. The number of hydrogen-bond donors (Lipinski definition) is 2. The van der Waals surface area contributed by atoms with Gasteiger partial charge in [0, 0.05) is 37.3 Å². The van der Waals surface area contributed by atoms with Crippen molar-refractivity contribution in [3.05, 3.63) is 47.9 Å². The first-order chi connectivity index (χ1) is 11.8. The number of fused-ring (bicyclic) bond motifs is 1. The van der Waals surface area contributed by atoms with E-state index in [4.69, 9.17) is 4.74 Å². The van der Waals surface area contributed by atoms with Crippen molar-refractivity contribution < 1.29 is 9.53 Å². The van der Waals surface area contributed by atoms with Gasteiger partial charge in [0.1, 0.15) is 0 Å². The number of carbonyl (C=O) groups is 1. The van der Waals surface area contributed by atoms with Crippen LogP contribution in [0.2, 0.25) is 0 Å². The summed E-state index contributed by atoms with van der Waals surface area (Å²) in [4.78, 5) is 17.8. The van der Waals surface area contributed by atoms with Gasteiger partial charge in [0.2, 0.25) is 5.91 Å². The van der Waals surface area contributed by atoms with Gasteiger partial charge in [-0.05, 0) is 11.6 Å². The highest BCUT2D eigenvalue weighted by Gasteiger charge is 2.37. The number of hydrogen-bond acceptors (Lipinski definition) is 4. The van der Waals surface area contributed by atoms with Crippen LogP contribution in [0, 0.1) is 0 Å². The van der Waals surface area contributed by atoms with Gasteiger partial charge < -0.3 is 14.6 Å². The zero-order valence-electron chi connectivity index (χ0n) is 13.4. The topological polar surface area (TPSA) is 86.9 Å². The number of rotatable bonds is 4. The Morgan fingerprint density at radius 3 is 3.04 bits per heavy atom. The zero-order valence-corrected chi connectivity index (χ0v) is 13.4. The van der Waals surface area contributed by atoms with E-state index in [-0.39, 0.29) is 17.9 Å². The second-order valence-corrected chi connectivity index (χ2v) is 6.11. The molecule has 1 aromatic carbocycles. The average molecular weight is 325 g/mol. The smallest absolute Gasteiger partial charge is 0.227 e. The van der Waals surface area contributed by atoms with E-state index in [0.717, 1.165) is 22.2 Å². The summed E-state index contributed by atoms with van der Waals surface area (Å²) in [5.74, 6) is 0.161. The van der Waals surface area contributed by atoms with Crippen molar-refractivity contribution in [2.45, 2.75) is 18.4 Å². The SMILES string of the molecule is CO[C@@H]1CN(C(=O)Cc2c[nH]c3ccccc23)C[C@H]1c1cn[nH]n1. The second-order valence-electron chi connectivity index (χ2n) is 6.11. The van der Waals surface area contributed by atoms with Crippen LogP contribution < -0.4 is 0 Å². The molecule has 1 fully saturated rings. The van der Waals surface area contributed by atoms with Crippen molar-refractivity contribution >= 4 is 16.8 Å². The minimum Gasteiger partial charge on any atom is -0.379 e. The van der Waals surface area contributed by atoms with Crippen molar-refractivity contribution in [3.63, 3.8) is 0 Å². The number of nitrogens with one attached hydrogen (secondary N) is 2. The molecular weight excluding hydrogens is 306 g/mol. The standard InChI is InChI=1S/C17H19N5O2/c1-24-16-10-22(9-13(16)15-8-19-21-20-15)17(23)6-11-7-18-14-5-3-2-4-12(11)14/h2-5,7-8,13,16,18H,6,9-10H2,1H3,(H,19,20,21)/t13-,16+/m0/s1. The molecule has 2 atom stereocenters. The van der Waals surface area contributed by atoms with E-state index in [1.165, 1.54) is 0 Å². The maximum Gasteiger partial charge on any atom is 0.227 e. The summed E-state index contributed by atoms with van der Waals surface area (Å²) in [5.41, 5.74) is 2.91. The van der Waals surface area contributed by atoms with Crippen LogP contribution in [0.25, 0.3) is 10.9 Å². The molecule has 0 spiro atoms. The molecule has 124 valence electrons. The molecule has 0 radical (unpaired) electrons. The third-order valence-electron chi connectivity index (χ3n) is 4.75. The number of amides is 1. The Hall–Kier alpha value is -2.67. The summed E-state index contributed by atoms with van der Waals surface area (Å²) >= 11 is 0. The van der Waals surface area contributed by atoms with Gasteiger partial charge in [0.15, 0.2) is 0 Å². The molecule has 24 heavy (non-hydrogen) atoms. The van der Waals surface area contributed by atoms with E-state index >= 15 is 0 Å². The number of H-pyrrole nitrogens is 2. The van der Waals surface area contributed by atoms with Crippen molar-refractivity contribution in [1.82, 2.24) is 25.3 Å². The quantitative estimate of drug-likeness (QED) is 0.760. The summed E-state index contributed by atoms with van der Waals surface area (Å²) in [5, 5.41) is 11.7. The van der Waals surface area contributed by atoms with Gasteiger partial charge in [-0.1, -0.05) is 18.2 Å². The number of aromatic amines is 2. The summed E-state index contributed by atoms with van der Waals surface area (Å²) in [7, 11) is 1.67. The Kier molecular flexibility index (Phi) is 3.78. The first-order valence-electron chi connectivity index (χ1n) is 7.97. The summed E-state index contributed by atoms with van der Waals surface area (Å²) < 4.78 is 5.55. The lowest BCUT2D eigenvalue weighted by molar-refractivity contribution is -0.129. The number of carbonyl (C=O) groups excluding carboxylic acids is 1. The maximum absolute atomic E-state index is 12.7. The first kappa shape index (κ1) is 14.9. The zero-order chi connectivity index (χ0) is 16.5. The Morgan fingerprint density at radius 1 is 1.38 bits per heavy atom. The third-order valence-corrected chi connectivity index (χ3v) is 4.75. The molecule has 0 unspecified atom stereocenters. The number of benzene rings is 1. The third kappa shape index (κ3) is 2.56. The van der Waals surface area contributed by atoms with Gasteiger partial charge in [0.25, 0.3) is 0 Å². The van der Waals surface area contributed by atoms with Crippen LogP contribution >= 0.6 is 0 Å². The number of ether oxygens (including phenoxy) is 1. The predicted molar refractivity (Wildman–Crippen MR) is 88.5 cm³/mol. The molecule has 0 bridgehead atoms. The molecule has 3 heterocycles. The van der Waals surface area contributed by atoms with E-state index in [1.54, 1.807) is 13.3 Å². The molecule has 1 aliphatic rings. The molecule has 4 rings (SSSR count). The van der Waals surface area contributed by atoms with Crippen LogP contribution in [-0.4, -0.2) is 57.5 Å². The molecule has 0 saturated carbocycles. The fraction of sp³-hybridized carbons (Fsp3) is 0.353. The summed E-state index contributed by atoms with van der Waals surface area (Å²) in [6.45, 7) is 1.18. The number of nitrogens with zero attached hydrogens (tertiary/aromatic N) is 3. The van der Waals surface area contributed by atoms with Crippen LogP contribution in [0.3, 0.4) is 0 Å². The normalized spacial score (nSPS) is 20.8. The van der Waals surface area contributed by atoms with Gasteiger partial charge in [0.05, 0.1) is 30.3 Å². The number of aromatic nitrogens is 4. The Morgan fingerprint density at radius 2 is 2.25 bits per heavy atom. The fourth-order valence-corrected chi connectivity index (χ4v) is 3.44. The second kappa shape index (κ2) is 6.09. The lowest BCUT2D eigenvalue weighted by Gasteiger charge is -2.15. The Labute approximate surface area is 139 Å². The van der Waals surface area contributed by atoms with Crippen LogP contribution in [0.15, 0.2) is 36.7 Å². The van der Waals surface area contributed by atoms with E-state index in [2.05, 4.69) is 20.4 Å². The fourth-order valence-electron chi connectivity index (χ4n) is 3.44. The van der Waals surface area contributed by atoms with E-state index < -0.39 is 0 Å². The molecule has 1 amide bonds. The van der Waals surface area contributed by atoms with Crippen LogP contribution in [0.1, 0.15) is 17.2 Å². The van der Waals surface area contributed by atoms with Gasteiger partial charge in [-0.3, -0.25) is 4.79 Å². The summed E-state index contributed by atoms with van der Waals surface area (Å²) in [6, 6.07) is 8.02. The molecule has 1 aliphatic heterocycles. The lowest BCUT2D eigenvalue weighted by Crippen LogP contribution is -2.31. The van der Waals surface area contributed by atoms with Gasteiger partial charge in [-0.2, -0.15) is 15.4 Å². The highest BCUT2D eigenvalue weighted by atomic mass is 16.5. The molecular formula is C17H19N5O2. The Balaban J connectivity index is 1.51. The highest BCUT2D eigenvalue weighted by molar-refractivity contribution is 5.89. The molecule has 0 aliphatic carbocycles. The maximum atomic E-state index is 12.7. The van der Waals surface area contributed by atoms with Crippen molar-refractivity contribution in [2.75, 3.05) is 20.2 Å². The van der Waals surface area contributed by atoms with Crippen LogP contribution in [0.4, 0.5) is 0 Å². The predicted octanol–water partition coefficient (Wildman–Crippen LogP) is 1.47. The monoisotopic (exact) mass is 325 g/mol. The van der Waals surface area contributed by atoms with Crippen molar-refractivity contribution in [1.29, 1.82) is 0 Å². The number of para-hydroxylation sites is 1. The van der Waals surface area contributed by atoms with E-state index in [1.807, 2.05) is 35.4 Å². The first-order valence-corrected chi connectivity index (χ1v) is 7.97.